The van der Waals surface area contributed by atoms with E-state index in [-0.39, 0.29) is 0 Å². The lowest BCUT2D eigenvalue weighted by atomic mass is 10.2. The summed E-state index contributed by atoms with van der Waals surface area (Å²) in [4.78, 5) is 23.6. The Balaban J connectivity index is 0.000000208. The first-order valence-corrected chi connectivity index (χ1v) is 8.21. The Kier molecular flexibility index (Phi) is 7.41. The molecule has 0 atom stereocenters. The van der Waals surface area contributed by atoms with Gasteiger partial charge in [-0.2, -0.15) is 0 Å². The molecule has 3 rings (SSSR count). The van der Waals surface area contributed by atoms with Crippen LogP contribution in [0.2, 0.25) is 0 Å². The van der Waals surface area contributed by atoms with Crippen LogP contribution in [0.15, 0.2) is 91.0 Å². The maximum atomic E-state index is 11.4. The number of nitrogens with zero attached hydrogens (tertiary/aromatic N) is 1. The lowest BCUT2D eigenvalue weighted by Crippen LogP contribution is -2.31. The molecule has 27 heavy (non-hydrogen) atoms. The van der Waals surface area contributed by atoms with Crippen molar-refractivity contribution in [2.75, 3.05) is 17.3 Å². The lowest BCUT2D eigenvalue weighted by Gasteiger charge is -2.20. The maximum Gasteiger partial charge on any atom is 0.411 e. The number of nitrogens with two attached hydrogens (primary N) is 1. The molecular formula is C21H21N3O3. The quantitative estimate of drug-likeness (QED) is 0.703. The van der Waals surface area contributed by atoms with E-state index in [1.54, 1.807) is 12.1 Å². The Morgan fingerprint density at radius 2 is 1.19 bits per heavy atom. The third kappa shape index (κ3) is 6.21. The standard InChI is InChI=1S/C13H12N2O.C8H9NO2/c14-13(16)15(11-7-3-1-4-8-11)12-9-5-2-6-10-12;1-11-8(10)9-7-5-3-2-4-6-7/h1-10H,(H2,14,16);2-6H,1H3,(H,9,10). The average Bonchev–Trinajstić information content (AvgIpc) is 2.71. The van der Waals surface area contributed by atoms with Gasteiger partial charge in [-0.05, 0) is 36.4 Å². The smallest absolute Gasteiger partial charge is 0.411 e. The molecule has 3 aromatic carbocycles. The van der Waals surface area contributed by atoms with Gasteiger partial charge in [-0.15, -0.1) is 0 Å². The predicted octanol–water partition coefficient (Wildman–Crippen LogP) is 4.77. The third-order valence-corrected chi connectivity index (χ3v) is 3.45. The second-order valence-corrected chi connectivity index (χ2v) is 5.33. The molecule has 138 valence electrons. The molecule has 3 N–H and O–H groups in total. The Labute approximate surface area is 158 Å². The van der Waals surface area contributed by atoms with E-state index in [0.29, 0.717) is 0 Å². The fraction of sp³-hybridized carbons (Fsp3) is 0.0476. The molecular weight excluding hydrogens is 342 g/mol. The molecule has 0 aliphatic carbocycles. The van der Waals surface area contributed by atoms with Gasteiger partial charge in [0.25, 0.3) is 0 Å². The van der Waals surface area contributed by atoms with Gasteiger partial charge in [-0.1, -0.05) is 54.6 Å². The molecule has 0 aliphatic rings. The van der Waals surface area contributed by atoms with Gasteiger partial charge in [0, 0.05) is 5.69 Å². The number of urea groups is 1. The van der Waals surface area contributed by atoms with Crippen molar-refractivity contribution >= 4 is 29.2 Å². The fourth-order valence-corrected chi connectivity index (χ4v) is 2.25. The normalized spacial score (nSPS) is 9.37. The van der Waals surface area contributed by atoms with Crippen LogP contribution in [0.3, 0.4) is 0 Å². The Bertz CT molecular complexity index is 801. The number of benzene rings is 3. The van der Waals surface area contributed by atoms with E-state index >= 15 is 0 Å². The van der Waals surface area contributed by atoms with Crippen LogP contribution in [0, 0.1) is 0 Å². The molecule has 3 amide bonds. The second kappa shape index (κ2) is 10.2. The van der Waals surface area contributed by atoms with Crippen LogP contribution in [0.1, 0.15) is 0 Å². The van der Waals surface area contributed by atoms with Crippen LogP contribution < -0.4 is 16.0 Å². The van der Waals surface area contributed by atoms with Crippen LogP contribution in [-0.2, 0) is 4.74 Å². The molecule has 0 fully saturated rings. The minimum atomic E-state index is -0.489. The highest BCUT2D eigenvalue weighted by atomic mass is 16.5. The van der Waals surface area contributed by atoms with Crippen LogP contribution in [0.4, 0.5) is 26.7 Å². The number of anilines is 3. The fourth-order valence-electron chi connectivity index (χ4n) is 2.25. The van der Waals surface area contributed by atoms with Crippen molar-refractivity contribution in [3.05, 3.63) is 91.0 Å². The first-order valence-electron chi connectivity index (χ1n) is 8.21. The molecule has 0 saturated carbocycles. The average molecular weight is 363 g/mol. The van der Waals surface area contributed by atoms with Gasteiger partial charge in [0.2, 0.25) is 0 Å². The van der Waals surface area contributed by atoms with Gasteiger partial charge >= 0.3 is 12.1 Å². The molecule has 6 nitrogen and oxygen atoms in total. The number of hydrogen-bond donors (Lipinski definition) is 2. The Morgan fingerprint density at radius 1 is 0.778 bits per heavy atom. The summed E-state index contributed by atoms with van der Waals surface area (Å²) in [5, 5.41) is 2.53. The summed E-state index contributed by atoms with van der Waals surface area (Å²) in [6.07, 6.45) is -0.448. The number of amides is 3. The van der Waals surface area contributed by atoms with Crippen molar-refractivity contribution in [1.29, 1.82) is 0 Å². The van der Waals surface area contributed by atoms with E-state index in [1.165, 1.54) is 12.0 Å². The van der Waals surface area contributed by atoms with E-state index < -0.39 is 12.1 Å². The summed E-state index contributed by atoms with van der Waals surface area (Å²) in [7, 11) is 1.33. The van der Waals surface area contributed by atoms with Crippen molar-refractivity contribution in [2.45, 2.75) is 0 Å². The number of para-hydroxylation sites is 3. The van der Waals surface area contributed by atoms with E-state index in [0.717, 1.165) is 17.1 Å². The SMILES string of the molecule is COC(=O)Nc1ccccc1.NC(=O)N(c1ccccc1)c1ccccc1. The molecule has 0 aliphatic heterocycles. The number of methoxy groups -OCH3 is 1. The first-order chi connectivity index (χ1) is 13.1. The molecule has 0 heterocycles. The second-order valence-electron chi connectivity index (χ2n) is 5.33. The Hall–Kier alpha value is -3.80. The molecule has 6 heteroatoms. The predicted molar refractivity (Wildman–Crippen MR) is 107 cm³/mol. The number of primary amides is 1. The monoisotopic (exact) mass is 363 g/mol. The van der Waals surface area contributed by atoms with Gasteiger partial charge in [0.05, 0.1) is 18.5 Å². The van der Waals surface area contributed by atoms with Gasteiger partial charge in [-0.3, -0.25) is 10.2 Å². The largest absolute Gasteiger partial charge is 0.453 e. The maximum absolute atomic E-state index is 11.4. The van der Waals surface area contributed by atoms with Crippen molar-refractivity contribution in [2.24, 2.45) is 5.73 Å². The number of rotatable bonds is 3. The summed E-state index contributed by atoms with van der Waals surface area (Å²) >= 11 is 0. The van der Waals surface area contributed by atoms with Crippen LogP contribution in [0.25, 0.3) is 0 Å². The van der Waals surface area contributed by atoms with Crippen molar-refractivity contribution < 1.29 is 14.3 Å². The molecule has 0 bridgehead atoms. The van der Waals surface area contributed by atoms with Crippen molar-refractivity contribution in [1.82, 2.24) is 0 Å². The summed E-state index contributed by atoms with van der Waals surface area (Å²) in [5.41, 5.74) is 7.65. The number of ether oxygens (including phenoxy) is 1. The highest BCUT2D eigenvalue weighted by Gasteiger charge is 2.13. The lowest BCUT2D eigenvalue weighted by molar-refractivity contribution is 0.187. The van der Waals surface area contributed by atoms with Gasteiger partial charge in [-0.25, -0.2) is 9.59 Å². The number of carbonyl (C=O) groups is 2. The van der Waals surface area contributed by atoms with Crippen LogP contribution in [-0.4, -0.2) is 19.2 Å². The zero-order chi connectivity index (χ0) is 19.5. The molecule has 0 aromatic heterocycles. The van der Waals surface area contributed by atoms with Crippen LogP contribution >= 0.6 is 0 Å². The summed E-state index contributed by atoms with van der Waals surface area (Å²) in [5.74, 6) is 0. The number of carbonyl (C=O) groups excluding carboxylic acids is 2. The summed E-state index contributed by atoms with van der Waals surface area (Å²) < 4.78 is 4.40. The van der Waals surface area contributed by atoms with Gasteiger partial charge < -0.3 is 10.5 Å². The van der Waals surface area contributed by atoms with Crippen molar-refractivity contribution in [3.63, 3.8) is 0 Å². The molecule has 0 spiro atoms. The number of nitrogens with one attached hydrogen (secondary N) is 1. The zero-order valence-corrected chi connectivity index (χ0v) is 14.9. The zero-order valence-electron chi connectivity index (χ0n) is 14.9. The molecule has 3 aromatic rings. The highest BCUT2D eigenvalue weighted by Crippen LogP contribution is 2.24. The molecule has 0 radical (unpaired) electrons. The van der Waals surface area contributed by atoms with E-state index in [4.69, 9.17) is 5.73 Å². The Morgan fingerprint density at radius 3 is 1.56 bits per heavy atom. The van der Waals surface area contributed by atoms with Gasteiger partial charge in [0.15, 0.2) is 0 Å². The third-order valence-electron chi connectivity index (χ3n) is 3.45. The molecule has 0 unspecified atom stereocenters. The topological polar surface area (TPSA) is 84.7 Å². The van der Waals surface area contributed by atoms with E-state index in [9.17, 15) is 9.59 Å². The summed E-state index contributed by atoms with van der Waals surface area (Å²) in [6.45, 7) is 0. The minimum absolute atomic E-state index is 0.448. The highest BCUT2D eigenvalue weighted by molar-refractivity contribution is 5.98. The number of hydrogen-bond acceptors (Lipinski definition) is 3. The van der Waals surface area contributed by atoms with Crippen LogP contribution in [0.5, 0.6) is 0 Å². The van der Waals surface area contributed by atoms with Gasteiger partial charge in [0.1, 0.15) is 0 Å². The minimum Gasteiger partial charge on any atom is -0.453 e. The summed E-state index contributed by atoms with van der Waals surface area (Å²) in [6, 6.07) is 27.3. The van der Waals surface area contributed by atoms with E-state index in [1.807, 2.05) is 78.9 Å². The molecule has 0 saturated heterocycles. The first kappa shape index (κ1) is 19.5. The van der Waals surface area contributed by atoms with Crippen molar-refractivity contribution in [3.8, 4) is 0 Å². The van der Waals surface area contributed by atoms with E-state index in [2.05, 4.69) is 10.1 Å².